The van der Waals surface area contributed by atoms with Crippen LogP contribution >= 0.6 is 0 Å². The van der Waals surface area contributed by atoms with Crippen molar-refractivity contribution in [1.82, 2.24) is 9.97 Å². The predicted octanol–water partition coefficient (Wildman–Crippen LogP) is 3.28. The van der Waals surface area contributed by atoms with Gasteiger partial charge in [0.25, 0.3) is 0 Å². The van der Waals surface area contributed by atoms with E-state index in [4.69, 9.17) is 4.74 Å². The van der Waals surface area contributed by atoms with Crippen LogP contribution in [0.1, 0.15) is 40.3 Å². The van der Waals surface area contributed by atoms with Gasteiger partial charge in [0.05, 0.1) is 6.61 Å². The molecule has 0 radical (unpaired) electrons. The van der Waals surface area contributed by atoms with Gasteiger partial charge in [-0.05, 0) is 25.2 Å². The maximum atomic E-state index is 5.42. The highest BCUT2D eigenvalue weighted by Crippen LogP contribution is 2.26. The molecule has 0 atom stereocenters. The van der Waals surface area contributed by atoms with Gasteiger partial charge in [0.2, 0.25) is 11.8 Å². The minimum atomic E-state index is 0.207. The largest absolute Gasteiger partial charge is 0.478 e. The Morgan fingerprint density at radius 3 is 2.56 bits per heavy atom. The van der Waals surface area contributed by atoms with Gasteiger partial charge in [-0.3, -0.25) is 0 Å². The molecule has 0 aliphatic carbocycles. The number of hydrogen-bond donors (Lipinski definition) is 1. The second kappa shape index (κ2) is 6.03. The Balaban J connectivity index is 2.73. The lowest BCUT2D eigenvalue weighted by atomic mass is 9.81. The molecule has 0 saturated carbocycles. The minimum absolute atomic E-state index is 0.207. The van der Waals surface area contributed by atoms with Crippen molar-refractivity contribution in [3.05, 3.63) is 11.8 Å². The Bertz CT molecular complexity index is 389. The first-order valence-electron chi connectivity index (χ1n) is 6.57. The molecule has 0 unspecified atom stereocenters. The van der Waals surface area contributed by atoms with E-state index in [0.29, 0.717) is 24.4 Å². The first-order chi connectivity index (χ1) is 8.35. The fraction of sp³-hybridized carbons (Fsp3) is 0.714. The number of ether oxygens (including phenoxy) is 1. The number of nitrogens with one attached hydrogen (secondary N) is 1. The third kappa shape index (κ3) is 4.17. The average Bonchev–Trinajstić information content (AvgIpc) is 2.26. The fourth-order valence-corrected chi connectivity index (χ4v) is 1.35. The molecule has 18 heavy (non-hydrogen) atoms. The van der Waals surface area contributed by atoms with Gasteiger partial charge < -0.3 is 10.1 Å². The SMILES string of the molecule is CCOc1cc(C)nc(NCC(C)(C)C(C)C)n1. The summed E-state index contributed by atoms with van der Waals surface area (Å²) in [5, 5.41) is 3.30. The van der Waals surface area contributed by atoms with Crippen LogP contribution in [0.5, 0.6) is 5.88 Å². The Morgan fingerprint density at radius 2 is 2.00 bits per heavy atom. The molecule has 1 rings (SSSR count). The molecule has 0 fully saturated rings. The highest BCUT2D eigenvalue weighted by atomic mass is 16.5. The van der Waals surface area contributed by atoms with Gasteiger partial charge in [-0.1, -0.05) is 27.7 Å². The van der Waals surface area contributed by atoms with Gasteiger partial charge >= 0.3 is 0 Å². The maximum Gasteiger partial charge on any atom is 0.226 e. The number of anilines is 1. The lowest BCUT2D eigenvalue weighted by Crippen LogP contribution is -2.29. The summed E-state index contributed by atoms with van der Waals surface area (Å²) in [6, 6.07) is 1.85. The van der Waals surface area contributed by atoms with Crippen LogP contribution in [-0.4, -0.2) is 23.1 Å². The molecular weight excluding hydrogens is 226 g/mol. The summed E-state index contributed by atoms with van der Waals surface area (Å²) in [5.41, 5.74) is 1.12. The lowest BCUT2D eigenvalue weighted by Gasteiger charge is -2.29. The summed E-state index contributed by atoms with van der Waals surface area (Å²) < 4.78 is 5.42. The molecule has 4 nitrogen and oxygen atoms in total. The molecule has 0 saturated heterocycles. The van der Waals surface area contributed by atoms with E-state index in [1.165, 1.54) is 0 Å². The van der Waals surface area contributed by atoms with E-state index in [1.807, 2.05) is 19.9 Å². The van der Waals surface area contributed by atoms with Gasteiger partial charge in [-0.25, -0.2) is 4.98 Å². The van der Waals surface area contributed by atoms with Gasteiger partial charge in [0, 0.05) is 18.3 Å². The van der Waals surface area contributed by atoms with E-state index < -0.39 is 0 Å². The van der Waals surface area contributed by atoms with Crippen LogP contribution in [0.25, 0.3) is 0 Å². The van der Waals surface area contributed by atoms with Crippen LogP contribution in [0, 0.1) is 18.3 Å². The Kier molecular flexibility index (Phi) is 4.93. The second-order valence-corrected chi connectivity index (χ2v) is 5.60. The number of aromatic nitrogens is 2. The topological polar surface area (TPSA) is 47.0 Å². The molecule has 0 aromatic carbocycles. The fourth-order valence-electron chi connectivity index (χ4n) is 1.35. The molecule has 102 valence electrons. The van der Waals surface area contributed by atoms with Gasteiger partial charge in [0.1, 0.15) is 0 Å². The number of hydrogen-bond acceptors (Lipinski definition) is 4. The molecule has 1 aromatic heterocycles. The van der Waals surface area contributed by atoms with Crippen LogP contribution in [0.4, 0.5) is 5.95 Å². The molecule has 1 N–H and O–H groups in total. The molecule has 0 aliphatic heterocycles. The predicted molar refractivity (Wildman–Crippen MR) is 75.0 cm³/mol. The molecule has 1 aromatic rings. The molecule has 0 bridgehead atoms. The highest BCUT2D eigenvalue weighted by molar-refractivity contribution is 5.30. The van der Waals surface area contributed by atoms with Crippen LogP contribution in [0.15, 0.2) is 6.07 Å². The summed E-state index contributed by atoms with van der Waals surface area (Å²) in [6.45, 7) is 14.3. The van der Waals surface area contributed by atoms with Crippen molar-refractivity contribution in [2.24, 2.45) is 11.3 Å². The highest BCUT2D eigenvalue weighted by Gasteiger charge is 2.22. The molecular formula is C14H25N3O. The summed E-state index contributed by atoms with van der Waals surface area (Å²) in [7, 11) is 0. The van der Waals surface area contributed by atoms with Gasteiger partial charge in [-0.2, -0.15) is 4.98 Å². The third-order valence-electron chi connectivity index (χ3n) is 3.39. The maximum absolute atomic E-state index is 5.42. The average molecular weight is 251 g/mol. The zero-order valence-electron chi connectivity index (χ0n) is 12.4. The van der Waals surface area contributed by atoms with E-state index in [0.717, 1.165) is 12.2 Å². The van der Waals surface area contributed by atoms with Crippen LogP contribution in [0.2, 0.25) is 0 Å². The Labute approximate surface area is 110 Å². The van der Waals surface area contributed by atoms with Gasteiger partial charge in [0.15, 0.2) is 0 Å². The molecule has 0 spiro atoms. The first kappa shape index (κ1) is 14.7. The first-order valence-corrected chi connectivity index (χ1v) is 6.57. The normalized spacial score (nSPS) is 11.7. The molecule has 1 heterocycles. The van der Waals surface area contributed by atoms with Crippen molar-refractivity contribution in [2.75, 3.05) is 18.5 Å². The number of nitrogens with zero attached hydrogens (tertiary/aromatic N) is 2. The van der Waals surface area contributed by atoms with Crippen LogP contribution in [0.3, 0.4) is 0 Å². The zero-order chi connectivity index (χ0) is 13.8. The summed E-state index contributed by atoms with van der Waals surface area (Å²) >= 11 is 0. The molecule has 0 amide bonds. The third-order valence-corrected chi connectivity index (χ3v) is 3.39. The quantitative estimate of drug-likeness (QED) is 0.843. The lowest BCUT2D eigenvalue weighted by molar-refractivity contribution is 0.269. The van der Waals surface area contributed by atoms with E-state index in [-0.39, 0.29) is 5.41 Å². The van der Waals surface area contributed by atoms with Crippen molar-refractivity contribution in [1.29, 1.82) is 0 Å². The van der Waals surface area contributed by atoms with Crippen LogP contribution < -0.4 is 10.1 Å². The van der Waals surface area contributed by atoms with E-state index in [2.05, 4.69) is 43.0 Å². The van der Waals surface area contributed by atoms with Crippen LogP contribution in [-0.2, 0) is 0 Å². The smallest absolute Gasteiger partial charge is 0.226 e. The molecule has 4 heteroatoms. The van der Waals surface area contributed by atoms with Gasteiger partial charge in [-0.15, -0.1) is 0 Å². The Morgan fingerprint density at radius 1 is 1.33 bits per heavy atom. The minimum Gasteiger partial charge on any atom is -0.478 e. The summed E-state index contributed by atoms with van der Waals surface area (Å²) in [5.74, 6) is 1.88. The second-order valence-electron chi connectivity index (χ2n) is 5.60. The number of rotatable bonds is 6. The summed E-state index contributed by atoms with van der Waals surface area (Å²) in [4.78, 5) is 8.72. The van der Waals surface area contributed by atoms with Crippen molar-refractivity contribution < 1.29 is 4.74 Å². The van der Waals surface area contributed by atoms with Crippen molar-refractivity contribution in [3.8, 4) is 5.88 Å². The van der Waals surface area contributed by atoms with Crippen molar-refractivity contribution >= 4 is 5.95 Å². The van der Waals surface area contributed by atoms with E-state index in [1.54, 1.807) is 0 Å². The standard InChI is InChI=1S/C14H25N3O/c1-7-18-12-8-11(4)16-13(17-12)15-9-14(5,6)10(2)3/h8,10H,7,9H2,1-6H3,(H,15,16,17). The van der Waals surface area contributed by atoms with E-state index >= 15 is 0 Å². The monoisotopic (exact) mass is 251 g/mol. The summed E-state index contributed by atoms with van der Waals surface area (Å²) in [6.07, 6.45) is 0. The van der Waals surface area contributed by atoms with Crippen molar-refractivity contribution in [2.45, 2.75) is 41.5 Å². The Hall–Kier alpha value is -1.32. The molecule has 0 aliphatic rings. The number of aryl methyl sites for hydroxylation is 1. The zero-order valence-corrected chi connectivity index (χ0v) is 12.4. The van der Waals surface area contributed by atoms with Crippen molar-refractivity contribution in [3.63, 3.8) is 0 Å². The van der Waals surface area contributed by atoms with E-state index in [9.17, 15) is 0 Å².